The predicted octanol–water partition coefficient (Wildman–Crippen LogP) is 2.00. The molecular weight excluding hydrogens is 256 g/mol. The first kappa shape index (κ1) is 14.0. The Morgan fingerprint density at radius 1 is 1.50 bits per heavy atom. The fourth-order valence-corrected chi connectivity index (χ4v) is 2.17. The van der Waals surface area contributed by atoms with E-state index in [2.05, 4.69) is 15.4 Å². The first-order valence-corrected chi connectivity index (χ1v) is 6.47. The van der Waals surface area contributed by atoms with Gasteiger partial charge in [0.05, 0.1) is 5.69 Å². The molecule has 0 unspecified atom stereocenters. The maximum Gasteiger partial charge on any atom is 0.339 e. The summed E-state index contributed by atoms with van der Waals surface area (Å²) in [6.45, 7) is 4.31. The molecule has 0 aliphatic rings. The summed E-state index contributed by atoms with van der Waals surface area (Å²) in [4.78, 5) is 15.4. The Bertz CT molecular complexity index is 634. The van der Waals surface area contributed by atoms with E-state index in [1.807, 2.05) is 20.2 Å². The molecule has 20 heavy (non-hydrogen) atoms. The second kappa shape index (κ2) is 5.73. The third-order valence-electron chi connectivity index (χ3n) is 3.15. The summed E-state index contributed by atoms with van der Waals surface area (Å²) < 4.78 is 1.76. The highest BCUT2D eigenvalue weighted by molar-refractivity contribution is 5.94. The van der Waals surface area contributed by atoms with E-state index >= 15 is 0 Å². The van der Waals surface area contributed by atoms with Gasteiger partial charge in [-0.1, -0.05) is 6.92 Å². The third kappa shape index (κ3) is 2.79. The quantitative estimate of drug-likeness (QED) is 0.871. The zero-order valence-electron chi connectivity index (χ0n) is 11.8. The van der Waals surface area contributed by atoms with Crippen molar-refractivity contribution in [1.29, 1.82) is 0 Å². The van der Waals surface area contributed by atoms with E-state index in [-0.39, 0.29) is 5.56 Å². The van der Waals surface area contributed by atoms with Crippen LogP contribution in [-0.4, -0.2) is 25.8 Å². The minimum atomic E-state index is -0.972. The smallest absolute Gasteiger partial charge is 0.339 e. The molecule has 2 heterocycles. The van der Waals surface area contributed by atoms with Crippen molar-refractivity contribution in [1.82, 2.24) is 14.8 Å². The molecule has 6 nitrogen and oxygen atoms in total. The first-order valence-electron chi connectivity index (χ1n) is 6.47. The van der Waals surface area contributed by atoms with Crippen molar-refractivity contribution in [2.75, 3.05) is 5.32 Å². The molecule has 0 saturated carbocycles. The summed E-state index contributed by atoms with van der Waals surface area (Å²) in [5.74, 6) is -0.580. The van der Waals surface area contributed by atoms with Crippen LogP contribution in [0.4, 0.5) is 5.82 Å². The second-order valence-electron chi connectivity index (χ2n) is 4.64. The molecule has 2 N–H and O–H groups in total. The molecule has 0 aliphatic heterocycles. The van der Waals surface area contributed by atoms with Crippen LogP contribution in [0.3, 0.4) is 0 Å². The fraction of sp³-hybridized carbons (Fsp3) is 0.357. The van der Waals surface area contributed by atoms with E-state index in [1.165, 1.54) is 0 Å². The van der Waals surface area contributed by atoms with Gasteiger partial charge >= 0.3 is 5.97 Å². The van der Waals surface area contributed by atoms with E-state index in [1.54, 1.807) is 23.9 Å². The highest BCUT2D eigenvalue weighted by Crippen LogP contribution is 2.18. The summed E-state index contributed by atoms with van der Waals surface area (Å²) in [5.41, 5.74) is 2.96. The van der Waals surface area contributed by atoms with Crippen LogP contribution in [0, 0.1) is 6.92 Å². The maximum atomic E-state index is 11.3. The van der Waals surface area contributed by atoms with Gasteiger partial charge in [0.1, 0.15) is 11.4 Å². The number of aromatic nitrogens is 3. The van der Waals surface area contributed by atoms with Crippen LogP contribution < -0.4 is 5.32 Å². The summed E-state index contributed by atoms with van der Waals surface area (Å²) in [6, 6.07) is 1.69. The maximum absolute atomic E-state index is 11.3. The molecule has 0 fully saturated rings. The van der Waals surface area contributed by atoms with Crippen LogP contribution in [0.15, 0.2) is 18.5 Å². The van der Waals surface area contributed by atoms with Crippen molar-refractivity contribution in [2.45, 2.75) is 26.8 Å². The van der Waals surface area contributed by atoms with Crippen molar-refractivity contribution in [2.24, 2.45) is 7.05 Å². The summed E-state index contributed by atoms with van der Waals surface area (Å²) in [6.07, 6.45) is 4.38. The van der Waals surface area contributed by atoms with Crippen LogP contribution in [0.25, 0.3) is 0 Å². The van der Waals surface area contributed by atoms with E-state index < -0.39 is 5.97 Å². The molecule has 0 bridgehead atoms. The van der Waals surface area contributed by atoms with E-state index in [4.69, 9.17) is 0 Å². The predicted molar refractivity (Wildman–Crippen MR) is 75.8 cm³/mol. The Morgan fingerprint density at radius 3 is 2.90 bits per heavy atom. The van der Waals surface area contributed by atoms with E-state index in [9.17, 15) is 9.90 Å². The number of carboxylic acid groups (broad SMARTS) is 1. The molecule has 0 aliphatic carbocycles. The molecule has 0 aromatic carbocycles. The van der Waals surface area contributed by atoms with E-state index in [0.29, 0.717) is 17.9 Å². The van der Waals surface area contributed by atoms with Gasteiger partial charge in [0.2, 0.25) is 0 Å². The molecule has 0 atom stereocenters. The molecule has 2 aromatic heterocycles. The SMILES string of the molecule is CCc1nn(C)cc1CNc1nccc(C)c1C(=O)O. The zero-order valence-corrected chi connectivity index (χ0v) is 11.8. The van der Waals surface area contributed by atoms with Gasteiger partial charge in [0.25, 0.3) is 0 Å². The van der Waals surface area contributed by atoms with Crippen LogP contribution in [-0.2, 0) is 20.0 Å². The van der Waals surface area contributed by atoms with Crippen LogP contribution in [0.5, 0.6) is 0 Å². The zero-order chi connectivity index (χ0) is 14.7. The topological polar surface area (TPSA) is 80.0 Å². The average Bonchev–Trinajstić information content (AvgIpc) is 2.76. The molecule has 2 rings (SSSR count). The van der Waals surface area contributed by atoms with Gasteiger partial charge in [0.15, 0.2) is 0 Å². The van der Waals surface area contributed by atoms with Gasteiger partial charge in [-0.3, -0.25) is 4.68 Å². The lowest BCUT2D eigenvalue weighted by atomic mass is 10.1. The minimum absolute atomic E-state index is 0.217. The van der Waals surface area contributed by atoms with Gasteiger partial charge in [-0.2, -0.15) is 5.10 Å². The Kier molecular flexibility index (Phi) is 4.02. The Morgan fingerprint density at radius 2 is 2.25 bits per heavy atom. The first-order chi connectivity index (χ1) is 9.52. The largest absolute Gasteiger partial charge is 0.478 e. The highest BCUT2D eigenvalue weighted by atomic mass is 16.4. The number of rotatable bonds is 5. The van der Waals surface area contributed by atoms with Crippen LogP contribution in [0.1, 0.15) is 34.1 Å². The monoisotopic (exact) mass is 274 g/mol. The third-order valence-corrected chi connectivity index (χ3v) is 3.15. The van der Waals surface area contributed by atoms with Gasteiger partial charge in [-0.25, -0.2) is 9.78 Å². The van der Waals surface area contributed by atoms with Crippen molar-refractivity contribution < 1.29 is 9.90 Å². The minimum Gasteiger partial charge on any atom is -0.478 e. The molecule has 0 radical (unpaired) electrons. The van der Waals surface area contributed by atoms with Gasteiger partial charge in [0, 0.05) is 31.5 Å². The normalized spacial score (nSPS) is 10.6. The number of carboxylic acids is 1. The summed E-state index contributed by atoms with van der Waals surface area (Å²) in [7, 11) is 1.87. The lowest BCUT2D eigenvalue weighted by Crippen LogP contribution is -2.10. The standard InChI is InChI=1S/C14H18N4O2/c1-4-11-10(8-18(3)17-11)7-16-13-12(14(19)20)9(2)5-6-15-13/h5-6,8H,4,7H2,1-3H3,(H,15,16)(H,19,20). The van der Waals surface area contributed by atoms with Crippen molar-refractivity contribution in [3.8, 4) is 0 Å². The molecule has 0 amide bonds. The summed E-state index contributed by atoms with van der Waals surface area (Å²) >= 11 is 0. The number of aryl methyl sites for hydroxylation is 3. The number of nitrogens with one attached hydrogen (secondary N) is 1. The number of anilines is 1. The Labute approximate surface area is 117 Å². The van der Waals surface area contributed by atoms with Crippen LogP contribution >= 0.6 is 0 Å². The Balaban J connectivity index is 2.23. The fourth-order valence-electron chi connectivity index (χ4n) is 2.17. The number of pyridine rings is 1. The van der Waals surface area contributed by atoms with E-state index in [0.717, 1.165) is 17.7 Å². The average molecular weight is 274 g/mol. The summed E-state index contributed by atoms with van der Waals surface area (Å²) in [5, 5.41) is 16.7. The molecular formula is C14H18N4O2. The van der Waals surface area contributed by atoms with Crippen LogP contribution in [0.2, 0.25) is 0 Å². The number of aromatic carboxylic acids is 1. The van der Waals surface area contributed by atoms with Crippen molar-refractivity contribution in [3.05, 3.63) is 40.8 Å². The van der Waals surface area contributed by atoms with Gasteiger partial charge in [-0.05, 0) is 25.0 Å². The molecule has 0 saturated heterocycles. The number of hydrogen-bond donors (Lipinski definition) is 2. The lowest BCUT2D eigenvalue weighted by Gasteiger charge is -2.10. The molecule has 2 aromatic rings. The van der Waals surface area contributed by atoms with Gasteiger partial charge in [-0.15, -0.1) is 0 Å². The molecule has 0 spiro atoms. The highest BCUT2D eigenvalue weighted by Gasteiger charge is 2.15. The lowest BCUT2D eigenvalue weighted by molar-refractivity contribution is 0.0697. The van der Waals surface area contributed by atoms with Crippen molar-refractivity contribution >= 4 is 11.8 Å². The van der Waals surface area contributed by atoms with Gasteiger partial charge < -0.3 is 10.4 Å². The number of carbonyl (C=O) groups is 1. The van der Waals surface area contributed by atoms with Crippen molar-refractivity contribution in [3.63, 3.8) is 0 Å². The number of hydrogen-bond acceptors (Lipinski definition) is 4. The molecule has 6 heteroatoms. The molecule has 106 valence electrons. The Hall–Kier alpha value is -2.37. The second-order valence-corrected chi connectivity index (χ2v) is 4.64. The number of nitrogens with zero attached hydrogens (tertiary/aromatic N) is 3.